The fraction of sp³-hybridized carbons (Fsp3) is 0.214. The van der Waals surface area contributed by atoms with Gasteiger partial charge in [0.2, 0.25) is 10.0 Å². The Hall–Kier alpha value is -1.88. The summed E-state index contributed by atoms with van der Waals surface area (Å²) in [4.78, 5) is 3.88. The molecule has 1 atom stereocenters. The number of hydrogen-bond acceptors (Lipinski definition) is 3. The van der Waals surface area contributed by atoms with Crippen LogP contribution in [0.5, 0.6) is 0 Å². The Morgan fingerprint density at radius 2 is 1.89 bits per heavy atom. The Labute approximate surface area is 113 Å². The van der Waals surface area contributed by atoms with E-state index in [0.717, 1.165) is 5.56 Å². The lowest BCUT2D eigenvalue weighted by Gasteiger charge is -2.13. The van der Waals surface area contributed by atoms with Crippen LogP contribution in [0.1, 0.15) is 18.4 Å². The van der Waals surface area contributed by atoms with Gasteiger partial charge in [-0.2, -0.15) is 0 Å². The van der Waals surface area contributed by atoms with Crippen LogP contribution in [-0.4, -0.2) is 19.2 Å². The highest BCUT2D eigenvalue weighted by molar-refractivity contribution is 7.92. The van der Waals surface area contributed by atoms with E-state index in [0.29, 0.717) is 5.69 Å². The molecular weight excluding hydrogens is 260 g/mol. The molecule has 19 heavy (non-hydrogen) atoms. The Balaban J connectivity index is 2.06. The van der Waals surface area contributed by atoms with E-state index in [4.69, 9.17) is 0 Å². The molecule has 4 nitrogen and oxygen atoms in total. The molecule has 0 aliphatic heterocycles. The van der Waals surface area contributed by atoms with Crippen LogP contribution >= 0.6 is 0 Å². The first-order chi connectivity index (χ1) is 9.07. The van der Waals surface area contributed by atoms with Gasteiger partial charge in [-0.3, -0.25) is 9.71 Å². The van der Waals surface area contributed by atoms with Crippen molar-refractivity contribution in [3.63, 3.8) is 0 Å². The third-order valence-electron chi connectivity index (χ3n) is 2.77. The number of aromatic nitrogens is 1. The molecular formula is C14H16N2O2S. The predicted molar refractivity (Wildman–Crippen MR) is 76.5 cm³/mol. The van der Waals surface area contributed by atoms with E-state index in [1.807, 2.05) is 37.3 Å². The summed E-state index contributed by atoms with van der Waals surface area (Å²) >= 11 is 0. The average Bonchev–Trinajstić information content (AvgIpc) is 2.39. The fourth-order valence-electron chi connectivity index (χ4n) is 1.85. The van der Waals surface area contributed by atoms with E-state index in [1.165, 1.54) is 6.20 Å². The van der Waals surface area contributed by atoms with Gasteiger partial charge in [0.05, 0.1) is 17.6 Å². The van der Waals surface area contributed by atoms with Crippen LogP contribution in [0, 0.1) is 0 Å². The third-order valence-corrected chi connectivity index (χ3v) is 4.26. The van der Waals surface area contributed by atoms with Crippen LogP contribution in [0.4, 0.5) is 5.69 Å². The molecule has 1 unspecified atom stereocenters. The lowest BCUT2D eigenvalue weighted by Crippen LogP contribution is -2.20. The van der Waals surface area contributed by atoms with Crippen LogP contribution in [0.3, 0.4) is 0 Å². The topological polar surface area (TPSA) is 59.1 Å². The summed E-state index contributed by atoms with van der Waals surface area (Å²) in [5.41, 5.74) is 1.50. The Kier molecular flexibility index (Phi) is 4.16. The van der Waals surface area contributed by atoms with Crippen molar-refractivity contribution in [3.05, 3.63) is 60.4 Å². The molecule has 0 radical (unpaired) electrons. The quantitative estimate of drug-likeness (QED) is 0.913. The van der Waals surface area contributed by atoms with Crippen molar-refractivity contribution >= 4 is 15.7 Å². The Morgan fingerprint density at radius 3 is 2.53 bits per heavy atom. The van der Waals surface area contributed by atoms with Gasteiger partial charge in [0.15, 0.2) is 0 Å². The average molecular weight is 276 g/mol. The summed E-state index contributed by atoms with van der Waals surface area (Å²) in [6, 6.07) is 13.0. The lowest BCUT2D eigenvalue weighted by atomic mass is 10.0. The number of nitrogens with one attached hydrogen (secondary N) is 1. The van der Waals surface area contributed by atoms with Crippen molar-refractivity contribution in [2.45, 2.75) is 12.8 Å². The van der Waals surface area contributed by atoms with E-state index in [2.05, 4.69) is 9.71 Å². The maximum Gasteiger partial charge on any atom is 0.233 e. The number of sulfonamides is 1. The molecule has 0 aliphatic carbocycles. The third kappa shape index (κ3) is 4.06. The van der Waals surface area contributed by atoms with Gasteiger partial charge in [-0.25, -0.2) is 8.42 Å². The highest BCUT2D eigenvalue weighted by Crippen LogP contribution is 2.18. The summed E-state index contributed by atoms with van der Waals surface area (Å²) in [6.07, 6.45) is 3.09. The van der Waals surface area contributed by atoms with Crippen molar-refractivity contribution in [1.82, 2.24) is 4.98 Å². The zero-order chi connectivity index (χ0) is 13.7. The van der Waals surface area contributed by atoms with Gasteiger partial charge in [-0.05, 0) is 23.6 Å². The van der Waals surface area contributed by atoms with Crippen molar-refractivity contribution < 1.29 is 8.42 Å². The monoisotopic (exact) mass is 276 g/mol. The van der Waals surface area contributed by atoms with Gasteiger partial charge in [0.25, 0.3) is 0 Å². The summed E-state index contributed by atoms with van der Waals surface area (Å²) in [7, 11) is -3.37. The molecule has 100 valence electrons. The normalized spacial score (nSPS) is 12.9. The van der Waals surface area contributed by atoms with Gasteiger partial charge < -0.3 is 0 Å². The first kappa shape index (κ1) is 13.5. The molecule has 0 spiro atoms. The van der Waals surface area contributed by atoms with Crippen LogP contribution in [0.2, 0.25) is 0 Å². The van der Waals surface area contributed by atoms with Gasteiger partial charge in [-0.1, -0.05) is 37.3 Å². The van der Waals surface area contributed by atoms with E-state index >= 15 is 0 Å². The van der Waals surface area contributed by atoms with E-state index in [9.17, 15) is 8.42 Å². The maximum atomic E-state index is 12.0. The number of rotatable bonds is 5. The fourth-order valence-corrected chi connectivity index (χ4v) is 3.27. The SMILES string of the molecule is CC(CS(=O)(=O)Nc1cccnc1)c1ccccc1. The molecule has 1 aromatic carbocycles. The predicted octanol–water partition coefficient (Wildman–Crippen LogP) is 2.63. The summed E-state index contributed by atoms with van der Waals surface area (Å²) in [6.45, 7) is 1.90. The minimum absolute atomic E-state index is 0.0475. The van der Waals surface area contributed by atoms with E-state index < -0.39 is 10.0 Å². The van der Waals surface area contributed by atoms with Crippen LogP contribution in [0.25, 0.3) is 0 Å². The maximum absolute atomic E-state index is 12.0. The number of pyridine rings is 1. The Bertz CT molecular complexity index is 612. The molecule has 0 saturated carbocycles. The van der Waals surface area contributed by atoms with Crippen molar-refractivity contribution in [2.75, 3.05) is 10.5 Å². The molecule has 0 bridgehead atoms. The van der Waals surface area contributed by atoms with E-state index in [1.54, 1.807) is 18.3 Å². The summed E-state index contributed by atoms with van der Waals surface area (Å²) in [5, 5.41) is 0. The smallest absolute Gasteiger partial charge is 0.233 e. The summed E-state index contributed by atoms with van der Waals surface area (Å²) < 4.78 is 26.6. The molecule has 0 aliphatic rings. The molecule has 2 aromatic rings. The highest BCUT2D eigenvalue weighted by atomic mass is 32.2. The summed E-state index contributed by atoms with van der Waals surface area (Å²) in [5.74, 6) is -0.0123. The molecule has 1 heterocycles. The zero-order valence-electron chi connectivity index (χ0n) is 10.7. The molecule has 0 fully saturated rings. The molecule has 5 heteroatoms. The van der Waals surface area contributed by atoms with Crippen molar-refractivity contribution in [3.8, 4) is 0 Å². The van der Waals surface area contributed by atoms with Gasteiger partial charge >= 0.3 is 0 Å². The number of benzene rings is 1. The second-order valence-corrected chi connectivity index (χ2v) is 6.20. The van der Waals surface area contributed by atoms with Gasteiger partial charge in [0, 0.05) is 6.20 Å². The number of nitrogens with zero attached hydrogens (tertiary/aromatic N) is 1. The van der Waals surface area contributed by atoms with Crippen LogP contribution < -0.4 is 4.72 Å². The van der Waals surface area contributed by atoms with Gasteiger partial charge in [-0.15, -0.1) is 0 Å². The lowest BCUT2D eigenvalue weighted by molar-refractivity contribution is 0.595. The number of anilines is 1. The van der Waals surface area contributed by atoms with E-state index in [-0.39, 0.29) is 11.7 Å². The first-order valence-corrected chi connectivity index (χ1v) is 7.67. The minimum Gasteiger partial charge on any atom is -0.282 e. The van der Waals surface area contributed by atoms with Crippen LogP contribution in [0.15, 0.2) is 54.9 Å². The molecule has 1 aromatic heterocycles. The second kappa shape index (κ2) is 5.84. The Morgan fingerprint density at radius 1 is 1.16 bits per heavy atom. The molecule has 1 N–H and O–H groups in total. The minimum atomic E-state index is -3.37. The standard InChI is InChI=1S/C14H16N2O2S/c1-12(13-6-3-2-4-7-13)11-19(17,18)16-14-8-5-9-15-10-14/h2-10,12,16H,11H2,1H3. The van der Waals surface area contributed by atoms with Gasteiger partial charge in [0.1, 0.15) is 0 Å². The molecule has 2 rings (SSSR count). The van der Waals surface area contributed by atoms with Crippen molar-refractivity contribution in [1.29, 1.82) is 0 Å². The largest absolute Gasteiger partial charge is 0.282 e. The highest BCUT2D eigenvalue weighted by Gasteiger charge is 2.17. The first-order valence-electron chi connectivity index (χ1n) is 6.02. The second-order valence-electron chi connectivity index (χ2n) is 4.44. The van der Waals surface area contributed by atoms with Crippen LogP contribution in [-0.2, 0) is 10.0 Å². The zero-order valence-corrected chi connectivity index (χ0v) is 11.5. The molecule has 0 amide bonds. The number of hydrogen-bond donors (Lipinski definition) is 1. The molecule has 0 saturated heterocycles. The van der Waals surface area contributed by atoms with Crippen molar-refractivity contribution in [2.24, 2.45) is 0 Å².